The van der Waals surface area contributed by atoms with E-state index in [1.807, 2.05) is 4.90 Å². The summed E-state index contributed by atoms with van der Waals surface area (Å²) in [6.45, 7) is 5.96. The maximum atomic E-state index is 13.1. The molecule has 1 aromatic rings. The van der Waals surface area contributed by atoms with Gasteiger partial charge in [0.1, 0.15) is 5.41 Å². The van der Waals surface area contributed by atoms with Crippen LogP contribution in [0.4, 0.5) is 5.69 Å². The van der Waals surface area contributed by atoms with E-state index in [0.717, 1.165) is 25.7 Å². The molecule has 1 aliphatic heterocycles. The third-order valence-electron chi connectivity index (χ3n) is 5.10. The molecule has 0 bridgehead atoms. The molecule has 0 aromatic heterocycles. The summed E-state index contributed by atoms with van der Waals surface area (Å²) in [6.07, 6.45) is 3.89. The van der Waals surface area contributed by atoms with Crippen LogP contribution in [0.15, 0.2) is 18.2 Å². The van der Waals surface area contributed by atoms with Crippen molar-refractivity contribution < 1.29 is 19.1 Å². The molecule has 2 rings (SSSR count). The van der Waals surface area contributed by atoms with Gasteiger partial charge in [-0.1, -0.05) is 18.5 Å². The Morgan fingerprint density at radius 1 is 1.30 bits per heavy atom. The first kappa shape index (κ1) is 21.2. The van der Waals surface area contributed by atoms with E-state index in [1.54, 1.807) is 13.8 Å². The van der Waals surface area contributed by atoms with Gasteiger partial charge in [-0.2, -0.15) is 0 Å². The molecule has 1 N–H and O–H groups in total. The highest BCUT2D eigenvalue weighted by atomic mass is 35.5. The van der Waals surface area contributed by atoms with Crippen molar-refractivity contribution in [2.45, 2.75) is 52.5 Å². The molecule has 1 saturated heterocycles. The van der Waals surface area contributed by atoms with E-state index in [-0.39, 0.29) is 28.2 Å². The average molecular weight is 395 g/mol. The Kier molecular flexibility index (Phi) is 6.87. The zero-order valence-electron chi connectivity index (χ0n) is 16.3. The Morgan fingerprint density at radius 3 is 2.63 bits per heavy atom. The molecule has 1 aliphatic rings. The standard InChI is InChI=1S/C20H27ClN2O4/c1-5-14-8-6-7-11-23(14)19(26)20(2,3)18(25)22-16-12-13(17(24)27-4)9-10-15(16)21/h9-10,12,14H,5-8,11H2,1-4H3,(H,22,25). The van der Waals surface area contributed by atoms with Crippen molar-refractivity contribution in [2.24, 2.45) is 5.41 Å². The van der Waals surface area contributed by atoms with Crippen LogP contribution in [0.5, 0.6) is 0 Å². The van der Waals surface area contributed by atoms with E-state index in [1.165, 1.54) is 25.3 Å². The molecule has 7 heteroatoms. The molecule has 0 saturated carbocycles. The lowest BCUT2D eigenvalue weighted by Gasteiger charge is -2.39. The summed E-state index contributed by atoms with van der Waals surface area (Å²) in [5.41, 5.74) is -0.713. The lowest BCUT2D eigenvalue weighted by Crippen LogP contribution is -2.52. The number of amides is 2. The number of benzene rings is 1. The molecule has 1 aromatic carbocycles. The second kappa shape index (κ2) is 8.74. The van der Waals surface area contributed by atoms with Crippen molar-refractivity contribution in [1.82, 2.24) is 4.90 Å². The number of hydrogen-bond donors (Lipinski definition) is 1. The van der Waals surface area contributed by atoms with Crippen LogP contribution in [-0.4, -0.2) is 42.4 Å². The second-order valence-electron chi connectivity index (χ2n) is 7.32. The van der Waals surface area contributed by atoms with Crippen molar-refractivity contribution in [3.63, 3.8) is 0 Å². The first-order valence-electron chi connectivity index (χ1n) is 9.22. The summed E-state index contributed by atoms with van der Waals surface area (Å²) in [5.74, 6) is -1.18. The van der Waals surface area contributed by atoms with Crippen molar-refractivity contribution in [1.29, 1.82) is 0 Å². The van der Waals surface area contributed by atoms with Gasteiger partial charge in [0.2, 0.25) is 11.8 Å². The number of carbonyl (C=O) groups is 3. The predicted molar refractivity (Wildman–Crippen MR) is 105 cm³/mol. The first-order valence-corrected chi connectivity index (χ1v) is 9.60. The smallest absolute Gasteiger partial charge is 0.337 e. The van der Waals surface area contributed by atoms with Crippen LogP contribution in [0.3, 0.4) is 0 Å². The quantitative estimate of drug-likeness (QED) is 0.607. The molecule has 1 fully saturated rings. The molecule has 1 unspecified atom stereocenters. The third kappa shape index (κ3) is 4.61. The topological polar surface area (TPSA) is 75.7 Å². The number of nitrogens with one attached hydrogen (secondary N) is 1. The van der Waals surface area contributed by atoms with E-state index in [0.29, 0.717) is 6.54 Å². The molecule has 1 heterocycles. The lowest BCUT2D eigenvalue weighted by molar-refractivity contribution is -0.149. The summed E-state index contributed by atoms with van der Waals surface area (Å²) in [5, 5.41) is 2.98. The van der Waals surface area contributed by atoms with Gasteiger partial charge in [0, 0.05) is 12.6 Å². The van der Waals surface area contributed by atoms with E-state index in [4.69, 9.17) is 11.6 Å². The van der Waals surface area contributed by atoms with Crippen molar-refractivity contribution in [3.05, 3.63) is 28.8 Å². The maximum absolute atomic E-state index is 13.1. The second-order valence-corrected chi connectivity index (χ2v) is 7.73. The number of carbonyl (C=O) groups excluding carboxylic acids is 3. The molecule has 6 nitrogen and oxygen atoms in total. The number of esters is 1. The highest BCUT2D eigenvalue weighted by molar-refractivity contribution is 6.34. The summed E-state index contributed by atoms with van der Waals surface area (Å²) in [4.78, 5) is 39.5. The molecule has 148 valence electrons. The Balaban J connectivity index is 2.20. The molecule has 2 amide bonds. The van der Waals surface area contributed by atoms with Gasteiger partial charge < -0.3 is 15.0 Å². The van der Waals surface area contributed by atoms with E-state index >= 15 is 0 Å². The first-order chi connectivity index (χ1) is 12.7. The van der Waals surface area contributed by atoms with Crippen LogP contribution in [-0.2, 0) is 14.3 Å². The Bertz CT molecular complexity index is 733. The van der Waals surface area contributed by atoms with Crippen LogP contribution in [0, 0.1) is 5.41 Å². The number of nitrogens with zero attached hydrogens (tertiary/aromatic N) is 1. The SMILES string of the molecule is CCC1CCCCN1C(=O)C(C)(C)C(=O)Nc1cc(C(=O)OC)ccc1Cl. The normalized spacial score (nSPS) is 17.4. The fourth-order valence-corrected chi connectivity index (χ4v) is 3.46. The Labute approximate surface area is 165 Å². The molecule has 0 spiro atoms. The zero-order chi connectivity index (χ0) is 20.2. The average Bonchev–Trinajstić information content (AvgIpc) is 2.68. The van der Waals surface area contributed by atoms with Gasteiger partial charge in [0.05, 0.1) is 23.4 Å². The molecule has 1 atom stereocenters. The number of halogens is 1. The summed E-state index contributed by atoms with van der Waals surface area (Å²) in [7, 11) is 1.28. The summed E-state index contributed by atoms with van der Waals surface area (Å²) < 4.78 is 4.69. The van der Waals surface area contributed by atoms with Crippen molar-refractivity contribution in [3.8, 4) is 0 Å². The molecule has 0 aliphatic carbocycles. The van der Waals surface area contributed by atoms with E-state index in [2.05, 4.69) is 17.0 Å². The number of methoxy groups -OCH3 is 1. The minimum absolute atomic E-state index is 0.171. The van der Waals surface area contributed by atoms with E-state index < -0.39 is 17.3 Å². The number of ether oxygens (including phenoxy) is 1. The highest BCUT2D eigenvalue weighted by Crippen LogP contribution is 2.30. The summed E-state index contributed by atoms with van der Waals surface area (Å²) >= 11 is 6.15. The van der Waals surface area contributed by atoms with Crippen molar-refractivity contribution in [2.75, 3.05) is 19.0 Å². The molecule has 27 heavy (non-hydrogen) atoms. The van der Waals surface area contributed by atoms with Gasteiger partial charge in [-0.25, -0.2) is 4.79 Å². The van der Waals surface area contributed by atoms with Crippen LogP contribution < -0.4 is 5.32 Å². The molecule has 0 radical (unpaired) electrons. The molecular weight excluding hydrogens is 368 g/mol. The minimum atomic E-state index is -1.25. The molecular formula is C20H27ClN2O4. The van der Waals surface area contributed by atoms with Crippen LogP contribution in [0.2, 0.25) is 5.02 Å². The van der Waals surface area contributed by atoms with Crippen LogP contribution in [0.1, 0.15) is 56.8 Å². The third-order valence-corrected chi connectivity index (χ3v) is 5.43. The number of rotatable bonds is 5. The zero-order valence-corrected chi connectivity index (χ0v) is 17.1. The fraction of sp³-hybridized carbons (Fsp3) is 0.550. The lowest BCUT2D eigenvalue weighted by atomic mass is 9.87. The highest BCUT2D eigenvalue weighted by Gasteiger charge is 2.41. The predicted octanol–water partition coefficient (Wildman–Crippen LogP) is 3.88. The van der Waals surface area contributed by atoms with Crippen LogP contribution >= 0.6 is 11.6 Å². The van der Waals surface area contributed by atoms with Crippen molar-refractivity contribution >= 4 is 35.1 Å². The monoisotopic (exact) mass is 394 g/mol. The number of anilines is 1. The maximum Gasteiger partial charge on any atom is 0.337 e. The van der Waals surface area contributed by atoms with Crippen LogP contribution in [0.25, 0.3) is 0 Å². The minimum Gasteiger partial charge on any atom is -0.465 e. The Morgan fingerprint density at radius 2 is 2.00 bits per heavy atom. The van der Waals surface area contributed by atoms with Gasteiger partial charge >= 0.3 is 5.97 Å². The largest absolute Gasteiger partial charge is 0.465 e. The van der Waals surface area contributed by atoms with E-state index in [9.17, 15) is 14.4 Å². The number of piperidine rings is 1. The van der Waals surface area contributed by atoms with Gasteiger partial charge in [-0.05, 0) is 57.7 Å². The van der Waals surface area contributed by atoms with Gasteiger partial charge in [0.15, 0.2) is 0 Å². The number of hydrogen-bond acceptors (Lipinski definition) is 4. The number of likely N-dealkylation sites (tertiary alicyclic amines) is 1. The van der Waals surface area contributed by atoms with Gasteiger partial charge in [-0.15, -0.1) is 0 Å². The fourth-order valence-electron chi connectivity index (χ4n) is 3.29. The van der Waals surface area contributed by atoms with Gasteiger partial charge in [-0.3, -0.25) is 9.59 Å². The van der Waals surface area contributed by atoms with Gasteiger partial charge in [0.25, 0.3) is 0 Å². The Hall–Kier alpha value is -2.08. The summed E-state index contributed by atoms with van der Waals surface area (Å²) in [6, 6.07) is 4.64.